The van der Waals surface area contributed by atoms with Crippen molar-refractivity contribution < 1.29 is 0 Å². The molecule has 3 unspecified atom stereocenters. The zero-order chi connectivity index (χ0) is 10.6. The van der Waals surface area contributed by atoms with Crippen LogP contribution in [0, 0.1) is 5.92 Å². The van der Waals surface area contributed by atoms with Crippen LogP contribution in [-0.2, 0) is 0 Å². The van der Waals surface area contributed by atoms with Crippen LogP contribution in [0.4, 0.5) is 0 Å². The second-order valence-electron chi connectivity index (χ2n) is 4.63. The fourth-order valence-corrected chi connectivity index (χ4v) is 2.52. The molecule has 0 aliphatic carbocycles. The van der Waals surface area contributed by atoms with E-state index < -0.39 is 0 Å². The van der Waals surface area contributed by atoms with E-state index >= 15 is 0 Å². The lowest BCUT2D eigenvalue weighted by molar-refractivity contribution is 0.0888. The second-order valence-corrected chi connectivity index (χ2v) is 4.63. The fourth-order valence-electron chi connectivity index (χ4n) is 2.52. The molecule has 1 fully saturated rings. The van der Waals surface area contributed by atoms with Gasteiger partial charge in [-0.2, -0.15) is 0 Å². The topological polar surface area (TPSA) is 15.3 Å². The van der Waals surface area contributed by atoms with Crippen molar-refractivity contribution in [2.75, 3.05) is 19.6 Å². The van der Waals surface area contributed by atoms with Gasteiger partial charge in [-0.05, 0) is 38.8 Å². The van der Waals surface area contributed by atoms with Gasteiger partial charge in [-0.15, -0.1) is 0 Å². The highest BCUT2D eigenvalue weighted by atomic mass is 15.2. The molecule has 0 aromatic rings. The summed E-state index contributed by atoms with van der Waals surface area (Å²) in [7, 11) is 0. The molecule has 1 saturated heterocycles. The van der Waals surface area contributed by atoms with Crippen molar-refractivity contribution in [2.45, 2.75) is 52.6 Å². The van der Waals surface area contributed by atoms with Crippen molar-refractivity contribution in [3.63, 3.8) is 0 Å². The van der Waals surface area contributed by atoms with E-state index in [-0.39, 0.29) is 0 Å². The number of nitrogens with one attached hydrogen (secondary N) is 1. The molecule has 1 N–H and O–H groups in total. The monoisotopic (exact) mass is 198 g/mol. The van der Waals surface area contributed by atoms with Crippen LogP contribution in [0.2, 0.25) is 0 Å². The Morgan fingerprint density at radius 2 is 2.14 bits per heavy atom. The summed E-state index contributed by atoms with van der Waals surface area (Å²) in [5, 5.41) is 3.52. The number of piperidine rings is 1. The van der Waals surface area contributed by atoms with Crippen molar-refractivity contribution in [2.24, 2.45) is 5.92 Å². The minimum atomic E-state index is 0.729. The predicted molar refractivity (Wildman–Crippen MR) is 62.6 cm³/mol. The van der Waals surface area contributed by atoms with E-state index in [1.807, 2.05) is 0 Å². The van der Waals surface area contributed by atoms with Gasteiger partial charge in [-0.25, -0.2) is 0 Å². The van der Waals surface area contributed by atoms with Crippen molar-refractivity contribution in [1.82, 2.24) is 10.2 Å². The highest BCUT2D eigenvalue weighted by molar-refractivity contribution is 4.85. The minimum absolute atomic E-state index is 0.729. The molecule has 0 aromatic carbocycles. The molecule has 0 bridgehead atoms. The molecule has 0 aromatic heterocycles. The largest absolute Gasteiger partial charge is 0.315 e. The lowest BCUT2D eigenvalue weighted by atomic mass is 9.92. The number of likely N-dealkylation sites (N-methyl/N-ethyl adjacent to an activating group) is 1. The van der Waals surface area contributed by atoms with Crippen LogP contribution < -0.4 is 5.32 Å². The Hall–Kier alpha value is -0.0800. The number of rotatable bonds is 4. The first-order chi connectivity index (χ1) is 6.70. The highest BCUT2D eigenvalue weighted by Gasteiger charge is 2.28. The summed E-state index contributed by atoms with van der Waals surface area (Å²) in [5.74, 6) is 0.852. The zero-order valence-electron chi connectivity index (χ0n) is 10.2. The molecular weight excluding hydrogens is 172 g/mol. The number of hydrogen-bond donors (Lipinski definition) is 1. The number of nitrogens with zero attached hydrogens (tertiary/aromatic N) is 1. The molecule has 1 aliphatic rings. The first kappa shape index (κ1) is 12.0. The van der Waals surface area contributed by atoms with Crippen molar-refractivity contribution in [1.29, 1.82) is 0 Å². The molecule has 0 radical (unpaired) electrons. The van der Waals surface area contributed by atoms with Crippen LogP contribution in [0.1, 0.15) is 40.5 Å². The van der Waals surface area contributed by atoms with Crippen LogP contribution in [-0.4, -0.2) is 36.6 Å². The predicted octanol–water partition coefficient (Wildman–Crippen LogP) is 2.10. The van der Waals surface area contributed by atoms with Crippen LogP contribution in [0.25, 0.3) is 0 Å². The molecule has 2 nitrogen and oxygen atoms in total. The Morgan fingerprint density at radius 1 is 1.43 bits per heavy atom. The van der Waals surface area contributed by atoms with Gasteiger partial charge < -0.3 is 5.32 Å². The Balaban J connectivity index is 2.57. The maximum atomic E-state index is 3.52. The molecular formula is C12H26N2. The van der Waals surface area contributed by atoms with E-state index in [9.17, 15) is 0 Å². The van der Waals surface area contributed by atoms with Crippen LogP contribution in [0.3, 0.4) is 0 Å². The Labute approximate surface area is 89.1 Å². The Kier molecular flexibility index (Phi) is 4.90. The van der Waals surface area contributed by atoms with Crippen molar-refractivity contribution >= 4 is 0 Å². The zero-order valence-corrected chi connectivity index (χ0v) is 10.2. The third-order valence-electron chi connectivity index (χ3n) is 3.73. The average molecular weight is 198 g/mol. The lowest BCUT2D eigenvalue weighted by Gasteiger charge is -2.41. The maximum Gasteiger partial charge on any atom is 0.0249 e. The van der Waals surface area contributed by atoms with Gasteiger partial charge in [0.2, 0.25) is 0 Å². The summed E-state index contributed by atoms with van der Waals surface area (Å²) >= 11 is 0. The molecule has 0 amide bonds. The third-order valence-corrected chi connectivity index (χ3v) is 3.73. The average Bonchev–Trinajstić information content (AvgIpc) is 2.21. The van der Waals surface area contributed by atoms with E-state index in [0.29, 0.717) is 0 Å². The van der Waals surface area contributed by atoms with Gasteiger partial charge in [0, 0.05) is 18.6 Å². The Bertz CT molecular complexity index is 154. The minimum Gasteiger partial charge on any atom is -0.315 e. The molecule has 2 heteroatoms. The first-order valence-corrected chi connectivity index (χ1v) is 6.17. The van der Waals surface area contributed by atoms with E-state index in [2.05, 4.69) is 37.9 Å². The van der Waals surface area contributed by atoms with Crippen LogP contribution in [0.15, 0.2) is 0 Å². The van der Waals surface area contributed by atoms with E-state index in [1.165, 1.54) is 32.5 Å². The van der Waals surface area contributed by atoms with Gasteiger partial charge in [0.1, 0.15) is 0 Å². The highest BCUT2D eigenvalue weighted by Crippen LogP contribution is 2.20. The molecule has 3 atom stereocenters. The lowest BCUT2D eigenvalue weighted by Crippen LogP contribution is -2.53. The summed E-state index contributed by atoms with van der Waals surface area (Å²) in [5.41, 5.74) is 0. The molecule has 1 heterocycles. The van der Waals surface area contributed by atoms with Gasteiger partial charge in [-0.1, -0.05) is 20.8 Å². The van der Waals surface area contributed by atoms with Gasteiger partial charge in [0.25, 0.3) is 0 Å². The molecule has 14 heavy (non-hydrogen) atoms. The van der Waals surface area contributed by atoms with E-state index in [0.717, 1.165) is 18.0 Å². The summed E-state index contributed by atoms with van der Waals surface area (Å²) in [6.07, 6.45) is 2.59. The molecule has 1 aliphatic heterocycles. The Morgan fingerprint density at radius 3 is 2.64 bits per heavy atom. The SMILES string of the molecule is CCC(C)N(CC)C1CNCCC1C. The normalized spacial score (nSPS) is 30.6. The standard InChI is InChI=1S/C12H26N2/c1-5-11(4)14(6-2)12-9-13-8-7-10(12)3/h10-13H,5-9H2,1-4H3. The fraction of sp³-hybridized carbons (Fsp3) is 1.00. The first-order valence-electron chi connectivity index (χ1n) is 6.17. The van der Waals surface area contributed by atoms with Crippen LogP contribution in [0.5, 0.6) is 0 Å². The maximum absolute atomic E-state index is 3.52. The van der Waals surface area contributed by atoms with Gasteiger partial charge in [0.15, 0.2) is 0 Å². The summed E-state index contributed by atoms with van der Waals surface area (Å²) in [6, 6.07) is 1.48. The summed E-state index contributed by atoms with van der Waals surface area (Å²) in [4.78, 5) is 2.66. The molecule has 0 spiro atoms. The second kappa shape index (κ2) is 5.72. The smallest absolute Gasteiger partial charge is 0.0249 e. The van der Waals surface area contributed by atoms with Gasteiger partial charge in [-0.3, -0.25) is 4.90 Å². The van der Waals surface area contributed by atoms with Crippen molar-refractivity contribution in [3.8, 4) is 0 Å². The molecule has 84 valence electrons. The molecule has 0 saturated carbocycles. The summed E-state index contributed by atoms with van der Waals surface area (Å²) < 4.78 is 0. The molecule has 1 rings (SSSR count). The van der Waals surface area contributed by atoms with E-state index in [4.69, 9.17) is 0 Å². The van der Waals surface area contributed by atoms with Gasteiger partial charge in [0.05, 0.1) is 0 Å². The quantitative estimate of drug-likeness (QED) is 0.744. The van der Waals surface area contributed by atoms with Gasteiger partial charge >= 0.3 is 0 Å². The van der Waals surface area contributed by atoms with E-state index in [1.54, 1.807) is 0 Å². The third kappa shape index (κ3) is 2.71. The number of hydrogen-bond acceptors (Lipinski definition) is 2. The van der Waals surface area contributed by atoms with Crippen LogP contribution >= 0.6 is 0 Å². The summed E-state index contributed by atoms with van der Waals surface area (Å²) in [6.45, 7) is 12.9. The van der Waals surface area contributed by atoms with Crippen molar-refractivity contribution in [3.05, 3.63) is 0 Å².